The van der Waals surface area contributed by atoms with Crippen molar-refractivity contribution in [1.29, 1.82) is 0 Å². The Morgan fingerprint density at radius 1 is 0.935 bits per heavy atom. The van der Waals surface area contributed by atoms with Crippen molar-refractivity contribution < 1.29 is 23.1 Å². The van der Waals surface area contributed by atoms with Crippen LogP contribution in [0.1, 0.15) is 35.2 Å². The van der Waals surface area contributed by atoms with E-state index in [1.807, 2.05) is 19.9 Å². The normalized spacial score (nSPS) is 12.0. The SMILES string of the molecule is COc1cc(OC)c(Cn2oc3cccc(N[C@@H](C)c4cc(C)cn5c(=O)c(C)c(-c6cccc(F)c6)nc45)c3c2=O)c(OC)c1. The van der Waals surface area contributed by atoms with Gasteiger partial charge in [-0.15, -0.1) is 0 Å². The topological polar surface area (TPSA) is 109 Å². The third-order valence-corrected chi connectivity index (χ3v) is 8.05. The van der Waals surface area contributed by atoms with Gasteiger partial charge in [0, 0.05) is 35.0 Å². The summed E-state index contributed by atoms with van der Waals surface area (Å²) in [5.41, 5.74) is 4.29. The lowest BCUT2D eigenvalue weighted by Crippen LogP contribution is -2.22. The summed E-state index contributed by atoms with van der Waals surface area (Å²) in [4.78, 5) is 32.2. The molecule has 11 heteroatoms. The molecule has 0 spiro atoms. The van der Waals surface area contributed by atoms with Crippen LogP contribution < -0.4 is 30.6 Å². The van der Waals surface area contributed by atoms with Crippen LogP contribution in [0.4, 0.5) is 10.1 Å². The van der Waals surface area contributed by atoms with Crippen LogP contribution in [0.3, 0.4) is 0 Å². The largest absolute Gasteiger partial charge is 0.496 e. The molecule has 46 heavy (non-hydrogen) atoms. The molecule has 0 unspecified atom stereocenters. The van der Waals surface area contributed by atoms with Gasteiger partial charge in [-0.2, -0.15) is 4.74 Å². The van der Waals surface area contributed by atoms with Gasteiger partial charge >= 0.3 is 0 Å². The number of ether oxygens (including phenoxy) is 3. The number of aromatic nitrogens is 3. The van der Waals surface area contributed by atoms with Crippen LogP contribution in [0.15, 0.2) is 81.0 Å². The highest BCUT2D eigenvalue weighted by atomic mass is 19.1. The maximum absolute atomic E-state index is 14.1. The molecule has 0 aliphatic rings. The smallest absolute Gasteiger partial charge is 0.292 e. The summed E-state index contributed by atoms with van der Waals surface area (Å²) in [7, 11) is 4.61. The molecule has 3 aromatic heterocycles. The van der Waals surface area contributed by atoms with Crippen LogP contribution >= 0.6 is 0 Å². The Balaban J connectivity index is 1.42. The fourth-order valence-corrected chi connectivity index (χ4v) is 5.76. The molecule has 0 aliphatic heterocycles. The number of benzene rings is 3. The van der Waals surface area contributed by atoms with Crippen LogP contribution in [-0.4, -0.2) is 35.5 Å². The molecule has 10 nitrogen and oxygen atoms in total. The number of aryl methyl sites for hydroxylation is 1. The molecule has 0 saturated carbocycles. The molecule has 0 bridgehead atoms. The molecule has 1 atom stereocenters. The van der Waals surface area contributed by atoms with E-state index in [1.165, 1.54) is 35.5 Å². The van der Waals surface area contributed by atoms with Crippen LogP contribution in [0, 0.1) is 19.7 Å². The summed E-state index contributed by atoms with van der Waals surface area (Å²) >= 11 is 0. The molecule has 6 aromatic rings. The molecule has 0 amide bonds. The van der Waals surface area contributed by atoms with E-state index >= 15 is 0 Å². The third kappa shape index (κ3) is 5.33. The van der Waals surface area contributed by atoms with Gasteiger partial charge in [-0.25, -0.2) is 9.37 Å². The van der Waals surface area contributed by atoms with Gasteiger partial charge in [-0.1, -0.05) is 18.2 Å². The monoisotopic (exact) mass is 624 g/mol. The van der Waals surface area contributed by atoms with E-state index < -0.39 is 11.9 Å². The number of fused-ring (bicyclic) bond motifs is 2. The summed E-state index contributed by atoms with van der Waals surface area (Å²) in [6.45, 7) is 5.56. The second-order valence-electron chi connectivity index (χ2n) is 11.1. The van der Waals surface area contributed by atoms with Crippen molar-refractivity contribution in [3.8, 4) is 28.5 Å². The van der Waals surface area contributed by atoms with Gasteiger partial charge < -0.3 is 24.1 Å². The van der Waals surface area contributed by atoms with Crippen molar-refractivity contribution in [1.82, 2.24) is 14.1 Å². The summed E-state index contributed by atoms with van der Waals surface area (Å²) in [5, 5.41) is 3.81. The van der Waals surface area contributed by atoms with Crippen molar-refractivity contribution in [2.45, 2.75) is 33.4 Å². The number of rotatable bonds is 9. The predicted octanol–water partition coefficient (Wildman–Crippen LogP) is 6.27. The fraction of sp³-hybridized carbons (Fsp3) is 0.229. The number of nitrogens with zero attached hydrogens (tertiary/aromatic N) is 3. The van der Waals surface area contributed by atoms with E-state index in [4.69, 9.17) is 23.7 Å². The molecular formula is C35H33FN4O6. The van der Waals surface area contributed by atoms with E-state index in [1.54, 1.807) is 62.7 Å². The molecule has 0 fully saturated rings. The van der Waals surface area contributed by atoms with Gasteiger partial charge in [0.1, 0.15) is 34.1 Å². The number of anilines is 1. The predicted molar refractivity (Wildman–Crippen MR) is 174 cm³/mol. The quantitative estimate of drug-likeness (QED) is 0.201. The Kier molecular flexibility index (Phi) is 7.99. The summed E-state index contributed by atoms with van der Waals surface area (Å²) in [6.07, 6.45) is 1.74. The molecule has 0 radical (unpaired) electrons. The zero-order chi connectivity index (χ0) is 32.7. The van der Waals surface area contributed by atoms with Crippen LogP contribution in [0.25, 0.3) is 27.9 Å². The van der Waals surface area contributed by atoms with Gasteiger partial charge in [0.15, 0.2) is 5.58 Å². The van der Waals surface area contributed by atoms with Gasteiger partial charge in [0.2, 0.25) is 0 Å². The molecule has 0 aliphatic carbocycles. The zero-order valence-corrected chi connectivity index (χ0v) is 26.3. The van der Waals surface area contributed by atoms with Gasteiger partial charge in [0.05, 0.1) is 50.9 Å². The Hall–Kier alpha value is -5.58. The lowest BCUT2D eigenvalue weighted by molar-refractivity contribution is 0.290. The number of pyridine rings is 1. The van der Waals surface area contributed by atoms with Gasteiger partial charge in [0.25, 0.3) is 11.1 Å². The average molecular weight is 625 g/mol. The Bertz CT molecular complexity index is 2210. The van der Waals surface area contributed by atoms with Crippen molar-refractivity contribution in [2.24, 2.45) is 0 Å². The standard InChI is InChI=1S/C35H33FN4O6/c1-19-13-25(33-38-32(20(2)34(41)39(33)17-19)22-9-7-10-23(36)14-22)21(3)37-27-11-8-12-28-31(27)35(42)40(46-28)18-26-29(44-5)15-24(43-4)16-30(26)45-6/h7-17,21,37H,18H2,1-6H3/t21-/m0/s1. The number of hydrogen-bond donors (Lipinski definition) is 1. The zero-order valence-electron chi connectivity index (χ0n) is 26.3. The van der Waals surface area contributed by atoms with E-state index in [-0.39, 0.29) is 17.7 Å². The number of halogens is 1. The summed E-state index contributed by atoms with van der Waals surface area (Å²) in [6, 6.07) is 16.3. The van der Waals surface area contributed by atoms with Crippen LogP contribution in [0.5, 0.6) is 17.2 Å². The molecule has 0 saturated heterocycles. The number of hydrogen-bond acceptors (Lipinski definition) is 8. The highest BCUT2D eigenvalue weighted by Crippen LogP contribution is 2.35. The Morgan fingerprint density at radius 3 is 2.33 bits per heavy atom. The maximum Gasteiger partial charge on any atom is 0.292 e. The van der Waals surface area contributed by atoms with Crippen LogP contribution in [-0.2, 0) is 6.54 Å². The van der Waals surface area contributed by atoms with E-state index in [0.29, 0.717) is 61.9 Å². The first-order chi connectivity index (χ1) is 22.1. The molecule has 3 aromatic carbocycles. The van der Waals surface area contributed by atoms with Crippen molar-refractivity contribution >= 4 is 22.3 Å². The van der Waals surface area contributed by atoms with Crippen molar-refractivity contribution in [3.63, 3.8) is 0 Å². The average Bonchev–Trinajstić information content (AvgIpc) is 3.37. The van der Waals surface area contributed by atoms with Gasteiger partial charge in [-0.05, 0) is 56.7 Å². The van der Waals surface area contributed by atoms with Crippen molar-refractivity contribution in [2.75, 3.05) is 26.6 Å². The lowest BCUT2D eigenvalue weighted by atomic mass is 10.0. The lowest BCUT2D eigenvalue weighted by Gasteiger charge is -2.19. The van der Waals surface area contributed by atoms with Gasteiger partial charge in [-0.3, -0.25) is 14.0 Å². The fourth-order valence-electron chi connectivity index (χ4n) is 5.76. The van der Waals surface area contributed by atoms with E-state index in [2.05, 4.69) is 5.32 Å². The second kappa shape index (κ2) is 12.1. The maximum atomic E-state index is 14.1. The first-order valence-corrected chi connectivity index (χ1v) is 14.6. The summed E-state index contributed by atoms with van der Waals surface area (Å²) < 4.78 is 39.4. The Morgan fingerprint density at radius 2 is 1.65 bits per heavy atom. The van der Waals surface area contributed by atoms with E-state index in [9.17, 15) is 14.0 Å². The first kappa shape index (κ1) is 30.4. The second-order valence-corrected chi connectivity index (χ2v) is 11.1. The molecule has 1 N–H and O–H groups in total. The summed E-state index contributed by atoms with van der Waals surface area (Å²) in [5.74, 6) is 1.10. The van der Waals surface area contributed by atoms with Crippen molar-refractivity contribution in [3.05, 3.63) is 116 Å². The number of nitrogens with one attached hydrogen (secondary N) is 1. The highest BCUT2D eigenvalue weighted by Gasteiger charge is 2.22. The minimum Gasteiger partial charge on any atom is -0.496 e. The Labute approximate surface area is 263 Å². The molecule has 236 valence electrons. The first-order valence-electron chi connectivity index (χ1n) is 14.6. The molecular weight excluding hydrogens is 591 g/mol. The third-order valence-electron chi connectivity index (χ3n) is 8.05. The van der Waals surface area contributed by atoms with E-state index in [0.717, 1.165) is 11.1 Å². The minimum atomic E-state index is -0.416. The minimum absolute atomic E-state index is 0.0520. The number of methoxy groups -OCH3 is 3. The molecule has 3 heterocycles. The van der Waals surface area contributed by atoms with Crippen LogP contribution in [0.2, 0.25) is 0 Å². The molecule has 6 rings (SSSR count). The highest BCUT2D eigenvalue weighted by molar-refractivity contribution is 5.90.